The predicted octanol–water partition coefficient (Wildman–Crippen LogP) is -0.112. The Hall–Kier alpha value is -1.88. The number of hydrogen-bond donors (Lipinski definition) is 3. The van der Waals surface area contributed by atoms with Gasteiger partial charge in [0.1, 0.15) is 6.04 Å². The number of amides is 1. The molecule has 0 saturated heterocycles. The molecule has 3 N–H and O–H groups in total. The summed E-state index contributed by atoms with van der Waals surface area (Å²) in [5, 5.41) is 19.9. The van der Waals surface area contributed by atoms with Crippen LogP contribution in [-0.4, -0.2) is 34.7 Å². The normalized spacial score (nSPS) is 18.8. The average molecular weight is 235 g/mol. The molecule has 1 aromatic rings. The van der Waals surface area contributed by atoms with Crippen LogP contribution in [0.25, 0.3) is 0 Å². The lowest BCUT2D eigenvalue weighted by Gasteiger charge is -2.29. The van der Waals surface area contributed by atoms with Crippen LogP contribution in [0.2, 0.25) is 0 Å². The van der Waals surface area contributed by atoms with E-state index >= 15 is 0 Å². The van der Waals surface area contributed by atoms with Crippen molar-refractivity contribution in [1.82, 2.24) is 5.32 Å². The van der Waals surface area contributed by atoms with Crippen LogP contribution < -0.4 is 5.32 Å². The van der Waals surface area contributed by atoms with Gasteiger partial charge in [-0.2, -0.15) is 0 Å². The number of carboxylic acid groups (broad SMARTS) is 1. The first-order valence-corrected chi connectivity index (χ1v) is 5.35. The van der Waals surface area contributed by atoms with Crippen LogP contribution in [0, 0.1) is 0 Å². The highest BCUT2D eigenvalue weighted by molar-refractivity contribution is 5.90. The Bertz CT molecular complexity index is 458. The van der Waals surface area contributed by atoms with E-state index in [1.165, 1.54) is 0 Å². The Morgan fingerprint density at radius 2 is 2.12 bits per heavy atom. The zero-order chi connectivity index (χ0) is 12.4. The minimum absolute atomic E-state index is 0.292. The van der Waals surface area contributed by atoms with Crippen molar-refractivity contribution in [2.45, 2.75) is 18.4 Å². The highest BCUT2D eigenvalue weighted by Crippen LogP contribution is 2.34. The number of hydrogen-bond acceptors (Lipinski definition) is 3. The number of aliphatic hydroxyl groups is 1. The summed E-state index contributed by atoms with van der Waals surface area (Å²) in [5.41, 5.74) is 2.05. The molecule has 5 heteroatoms. The molecule has 90 valence electrons. The quantitative estimate of drug-likeness (QED) is 0.679. The third-order valence-corrected chi connectivity index (χ3v) is 2.97. The summed E-state index contributed by atoms with van der Waals surface area (Å²) >= 11 is 0. The Morgan fingerprint density at radius 3 is 2.71 bits per heavy atom. The molecule has 1 aliphatic carbocycles. The highest BCUT2D eigenvalue weighted by Gasteiger charge is 2.33. The van der Waals surface area contributed by atoms with E-state index in [1.807, 2.05) is 24.3 Å². The fourth-order valence-electron chi connectivity index (χ4n) is 1.95. The van der Waals surface area contributed by atoms with Gasteiger partial charge in [-0.25, -0.2) is 4.79 Å². The molecule has 1 amide bonds. The van der Waals surface area contributed by atoms with E-state index in [-0.39, 0.29) is 11.8 Å². The van der Waals surface area contributed by atoms with Crippen LogP contribution in [0.3, 0.4) is 0 Å². The maximum Gasteiger partial charge on any atom is 0.328 e. The van der Waals surface area contributed by atoms with Gasteiger partial charge in [-0.05, 0) is 17.5 Å². The smallest absolute Gasteiger partial charge is 0.328 e. The topological polar surface area (TPSA) is 86.6 Å². The van der Waals surface area contributed by atoms with Crippen molar-refractivity contribution in [2.75, 3.05) is 6.61 Å². The number of nitrogens with one attached hydrogen (secondary N) is 1. The van der Waals surface area contributed by atoms with Gasteiger partial charge < -0.3 is 15.5 Å². The van der Waals surface area contributed by atoms with E-state index in [9.17, 15) is 9.59 Å². The van der Waals surface area contributed by atoms with Crippen LogP contribution in [0.4, 0.5) is 0 Å². The van der Waals surface area contributed by atoms with Crippen molar-refractivity contribution in [3.8, 4) is 0 Å². The molecule has 0 saturated carbocycles. The van der Waals surface area contributed by atoms with Gasteiger partial charge in [-0.3, -0.25) is 4.79 Å². The lowest BCUT2D eigenvalue weighted by Crippen LogP contribution is -2.47. The number of carbonyl (C=O) groups is 2. The van der Waals surface area contributed by atoms with E-state index in [4.69, 9.17) is 10.2 Å². The molecule has 0 heterocycles. The molecule has 17 heavy (non-hydrogen) atoms. The highest BCUT2D eigenvalue weighted by atomic mass is 16.4. The first kappa shape index (κ1) is 11.6. The molecule has 0 bridgehead atoms. The van der Waals surface area contributed by atoms with Gasteiger partial charge >= 0.3 is 5.97 Å². The second kappa shape index (κ2) is 4.55. The van der Waals surface area contributed by atoms with E-state index in [0.29, 0.717) is 6.42 Å². The standard InChI is InChI=1S/C12H13NO4/c14-6-10(12(16)17)13-11(15)9-5-7-3-1-2-4-8(7)9/h1-4,9-10,14H,5-6H2,(H,13,15)(H,16,17). The SMILES string of the molecule is O=C(O)C(CO)NC(=O)C1Cc2ccccc21. The van der Waals surface area contributed by atoms with E-state index < -0.39 is 18.6 Å². The number of fused-ring (bicyclic) bond motifs is 1. The number of rotatable bonds is 4. The minimum atomic E-state index is -1.23. The summed E-state index contributed by atoms with van der Waals surface area (Å²) in [4.78, 5) is 22.4. The van der Waals surface area contributed by atoms with Crippen molar-refractivity contribution >= 4 is 11.9 Å². The molecule has 2 atom stereocenters. The molecule has 0 spiro atoms. The molecule has 1 aromatic carbocycles. The van der Waals surface area contributed by atoms with Crippen molar-refractivity contribution in [1.29, 1.82) is 0 Å². The fourth-order valence-corrected chi connectivity index (χ4v) is 1.95. The average Bonchev–Trinajstić information content (AvgIpc) is 2.27. The van der Waals surface area contributed by atoms with Crippen LogP contribution in [-0.2, 0) is 16.0 Å². The molecule has 2 rings (SSSR count). The molecule has 1 aliphatic rings. The Morgan fingerprint density at radius 1 is 1.41 bits per heavy atom. The minimum Gasteiger partial charge on any atom is -0.480 e. The number of aliphatic carboxylic acids is 1. The van der Waals surface area contributed by atoms with Crippen molar-refractivity contribution in [3.05, 3.63) is 35.4 Å². The zero-order valence-corrected chi connectivity index (χ0v) is 9.09. The van der Waals surface area contributed by atoms with Gasteiger partial charge in [-0.1, -0.05) is 24.3 Å². The fraction of sp³-hybridized carbons (Fsp3) is 0.333. The van der Waals surface area contributed by atoms with Crippen LogP contribution in [0.15, 0.2) is 24.3 Å². The molecule has 5 nitrogen and oxygen atoms in total. The summed E-state index contributed by atoms with van der Waals surface area (Å²) in [6, 6.07) is 6.33. The Kier molecular flexibility index (Phi) is 3.10. The van der Waals surface area contributed by atoms with Crippen LogP contribution in [0.5, 0.6) is 0 Å². The van der Waals surface area contributed by atoms with Crippen molar-refractivity contribution < 1.29 is 19.8 Å². The third-order valence-electron chi connectivity index (χ3n) is 2.97. The lowest BCUT2D eigenvalue weighted by molar-refractivity contribution is -0.143. The summed E-state index contributed by atoms with van der Waals surface area (Å²) in [6.07, 6.45) is 0.625. The number of benzene rings is 1. The van der Waals surface area contributed by atoms with Crippen LogP contribution in [0.1, 0.15) is 17.0 Å². The second-order valence-corrected chi connectivity index (χ2v) is 4.04. The molecule has 0 aromatic heterocycles. The predicted molar refractivity (Wildman–Crippen MR) is 59.5 cm³/mol. The summed E-state index contributed by atoms with van der Waals surface area (Å²) < 4.78 is 0. The summed E-state index contributed by atoms with van der Waals surface area (Å²) in [7, 11) is 0. The molecular weight excluding hydrogens is 222 g/mol. The Balaban J connectivity index is 2.02. The van der Waals surface area contributed by atoms with Gasteiger partial charge in [0.05, 0.1) is 12.5 Å². The van der Waals surface area contributed by atoms with Gasteiger partial charge in [0.2, 0.25) is 5.91 Å². The third kappa shape index (κ3) is 2.14. The molecule has 0 fully saturated rings. The monoisotopic (exact) mass is 235 g/mol. The maximum absolute atomic E-state index is 11.8. The number of aliphatic hydroxyl groups excluding tert-OH is 1. The van der Waals surface area contributed by atoms with Crippen molar-refractivity contribution in [2.24, 2.45) is 0 Å². The van der Waals surface area contributed by atoms with Gasteiger partial charge in [0.25, 0.3) is 0 Å². The van der Waals surface area contributed by atoms with Crippen molar-refractivity contribution in [3.63, 3.8) is 0 Å². The molecule has 2 unspecified atom stereocenters. The Labute approximate surface area is 98.1 Å². The molecule has 0 radical (unpaired) electrons. The largest absolute Gasteiger partial charge is 0.480 e. The second-order valence-electron chi connectivity index (χ2n) is 4.04. The van der Waals surface area contributed by atoms with Gasteiger partial charge in [0, 0.05) is 0 Å². The first-order valence-electron chi connectivity index (χ1n) is 5.35. The first-order chi connectivity index (χ1) is 8.13. The summed E-state index contributed by atoms with van der Waals surface area (Å²) in [6.45, 7) is -0.602. The zero-order valence-electron chi connectivity index (χ0n) is 9.09. The van der Waals surface area contributed by atoms with E-state index in [0.717, 1.165) is 11.1 Å². The van der Waals surface area contributed by atoms with E-state index in [1.54, 1.807) is 0 Å². The number of carboxylic acids is 1. The molecular formula is C12H13NO4. The number of carbonyl (C=O) groups excluding carboxylic acids is 1. The maximum atomic E-state index is 11.8. The van der Waals surface area contributed by atoms with Gasteiger partial charge in [0.15, 0.2) is 0 Å². The summed E-state index contributed by atoms with van der Waals surface area (Å²) in [5.74, 6) is -1.86. The van der Waals surface area contributed by atoms with E-state index in [2.05, 4.69) is 5.32 Å². The van der Waals surface area contributed by atoms with Crippen LogP contribution >= 0.6 is 0 Å². The van der Waals surface area contributed by atoms with Gasteiger partial charge in [-0.15, -0.1) is 0 Å². The lowest BCUT2D eigenvalue weighted by atomic mass is 9.77. The molecule has 0 aliphatic heterocycles.